The van der Waals surface area contributed by atoms with E-state index in [1.807, 2.05) is 81.4 Å². The maximum absolute atomic E-state index is 13.9. The van der Waals surface area contributed by atoms with E-state index in [2.05, 4.69) is 5.32 Å². The van der Waals surface area contributed by atoms with Crippen LogP contribution in [0, 0.1) is 16.7 Å². The molecule has 1 saturated heterocycles. The van der Waals surface area contributed by atoms with Gasteiger partial charge in [-0.2, -0.15) is 0 Å². The molecule has 2 fully saturated rings. The van der Waals surface area contributed by atoms with Gasteiger partial charge in [-0.15, -0.1) is 0 Å². The number of hydrogen-bond donors (Lipinski definition) is 1. The van der Waals surface area contributed by atoms with Crippen LogP contribution >= 0.6 is 0 Å². The van der Waals surface area contributed by atoms with Gasteiger partial charge in [-0.1, -0.05) is 81.4 Å². The second-order valence-corrected chi connectivity index (χ2v) is 11.2. The molecule has 3 atom stereocenters. The largest absolute Gasteiger partial charge is 0.489 e. The highest BCUT2D eigenvalue weighted by Crippen LogP contribution is 2.60. The number of likely N-dealkylation sites (tertiary alicyclic amines) is 1. The lowest BCUT2D eigenvalue weighted by Crippen LogP contribution is -2.64. The Morgan fingerprint density at radius 3 is 2.16 bits per heavy atom. The van der Waals surface area contributed by atoms with Gasteiger partial charge in [0.05, 0.1) is 5.41 Å². The molecule has 6 heteroatoms. The summed E-state index contributed by atoms with van der Waals surface area (Å²) in [5, 5.41) is 2.94. The summed E-state index contributed by atoms with van der Waals surface area (Å²) in [5.41, 5.74) is 1.40. The molecule has 5 rings (SSSR count). The highest BCUT2D eigenvalue weighted by atomic mass is 16.5. The zero-order valence-electron chi connectivity index (χ0n) is 22.1. The molecule has 0 spiro atoms. The highest BCUT2D eigenvalue weighted by Gasteiger charge is 2.65. The number of carbonyl (C=O) groups is 3. The van der Waals surface area contributed by atoms with Gasteiger partial charge < -0.3 is 10.1 Å². The van der Waals surface area contributed by atoms with Crippen LogP contribution in [-0.4, -0.2) is 28.7 Å². The van der Waals surface area contributed by atoms with Crippen LogP contribution in [-0.2, 0) is 27.4 Å². The van der Waals surface area contributed by atoms with Crippen molar-refractivity contribution in [1.82, 2.24) is 4.90 Å². The quantitative estimate of drug-likeness (QED) is 0.399. The molecule has 3 aromatic carbocycles. The topological polar surface area (TPSA) is 75.7 Å². The van der Waals surface area contributed by atoms with E-state index in [9.17, 15) is 14.4 Å². The summed E-state index contributed by atoms with van der Waals surface area (Å²) in [5.74, 6) is -0.466. The lowest BCUT2D eigenvalue weighted by molar-refractivity contribution is -0.172. The summed E-state index contributed by atoms with van der Waals surface area (Å²) >= 11 is 0. The molecule has 6 nitrogen and oxygen atoms in total. The van der Waals surface area contributed by atoms with Crippen LogP contribution in [0.2, 0.25) is 0 Å². The smallest absolute Gasteiger partial charge is 0.248 e. The van der Waals surface area contributed by atoms with Crippen LogP contribution in [0.15, 0.2) is 84.9 Å². The van der Waals surface area contributed by atoms with Crippen molar-refractivity contribution in [1.29, 1.82) is 0 Å². The first-order valence-corrected chi connectivity index (χ1v) is 13.2. The van der Waals surface area contributed by atoms with E-state index < -0.39 is 16.9 Å². The standard InChI is InChI=1S/C32H34N2O4/c1-31(2)26-18-19-32(31,3)30(37)34(29(26)36)27(20-22-10-6-4-7-11-22)28(35)33-24-14-16-25(17-15-24)38-21-23-12-8-5-9-13-23/h4-17,26-27H,18-21H2,1-3H3,(H,33,35). The number of hydrogen-bond acceptors (Lipinski definition) is 4. The lowest BCUT2D eigenvalue weighted by Gasteiger charge is -2.49. The maximum atomic E-state index is 13.9. The molecule has 0 radical (unpaired) electrons. The third kappa shape index (κ3) is 4.60. The summed E-state index contributed by atoms with van der Waals surface area (Å²) in [6, 6.07) is 25.6. The number of ether oxygens (including phenoxy) is 1. The number of carbonyl (C=O) groups excluding carboxylic acids is 3. The Hall–Kier alpha value is -3.93. The molecule has 3 unspecified atom stereocenters. The Kier molecular flexibility index (Phi) is 6.82. The minimum atomic E-state index is -0.942. The first-order valence-electron chi connectivity index (χ1n) is 13.2. The average molecular weight is 511 g/mol. The number of rotatable bonds is 8. The van der Waals surface area contributed by atoms with Crippen molar-refractivity contribution < 1.29 is 19.1 Å². The van der Waals surface area contributed by atoms with E-state index in [4.69, 9.17) is 4.74 Å². The summed E-state index contributed by atoms with van der Waals surface area (Å²) < 4.78 is 5.85. The Bertz CT molecular complexity index is 1320. The molecule has 1 N–H and O–H groups in total. The molecule has 2 bridgehead atoms. The molecule has 1 aliphatic carbocycles. The fourth-order valence-electron chi connectivity index (χ4n) is 5.88. The molecule has 3 amide bonds. The van der Waals surface area contributed by atoms with E-state index in [0.717, 1.165) is 11.1 Å². The minimum absolute atomic E-state index is 0.240. The third-order valence-corrected chi connectivity index (χ3v) is 8.71. The van der Waals surface area contributed by atoms with E-state index in [0.29, 0.717) is 30.9 Å². The van der Waals surface area contributed by atoms with Gasteiger partial charge in [0.25, 0.3) is 0 Å². The number of nitrogens with zero attached hydrogens (tertiary/aromatic N) is 1. The first-order chi connectivity index (χ1) is 18.2. The van der Waals surface area contributed by atoms with E-state index >= 15 is 0 Å². The second kappa shape index (κ2) is 10.1. The predicted molar refractivity (Wildman–Crippen MR) is 146 cm³/mol. The molecule has 2 aliphatic rings. The van der Waals surface area contributed by atoms with Crippen molar-refractivity contribution in [3.8, 4) is 5.75 Å². The van der Waals surface area contributed by atoms with Crippen LogP contribution in [0.3, 0.4) is 0 Å². The molecular weight excluding hydrogens is 476 g/mol. The van der Waals surface area contributed by atoms with E-state index in [-0.39, 0.29) is 30.1 Å². The van der Waals surface area contributed by atoms with Gasteiger partial charge in [0.15, 0.2) is 0 Å². The van der Waals surface area contributed by atoms with Crippen LogP contribution in [0.5, 0.6) is 5.75 Å². The van der Waals surface area contributed by atoms with Crippen molar-refractivity contribution in [2.24, 2.45) is 16.7 Å². The van der Waals surface area contributed by atoms with Crippen LogP contribution in [0.25, 0.3) is 0 Å². The average Bonchev–Trinajstić information content (AvgIpc) is 3.11. The molecule has 3 aromatic rings. The molecule has 0 aromatic heterocycles. The number of nitrogens with one attached hydrogen (secondary N) is 1. The van der Waals surface area contributed by atoms with Crippen molar-refractivity contribution >= 4 is 23.4 Å². The van der Waals surface area contributed by atoms with Gasteiger partial charge in [0.2, 0.25) is 17.7 Å². The summed E-state index contributed by atoms with van der Waals surface area (Å²) in [6.45, 7) is 6.40. The lowest BCUT2D eigenvalue weighted by atomic mass is 9.62. The predicted octanol–water partition coefficient (Wildman–Crippen LogP) is 5.63. The van der Waals surface area contributed by atoms with Crippen LogP contribution in [0.4, 0.5) is 5.69 Å². The first kappa shape index (κ1) is 25.7. The molecule has 38 heavy (non-hydrogen) atoms. The number of imide groups is 1. The van der Waals surface area contributed by atoms with Gasteiger partial charge in [0, 0.05) is 18.0 Å². The fraction of sp³-hybridized carbons (Fsp3) is 0.344. The Morgan fingerprint density at radius 2 is 1.53 bits per heavy atom. The van der Waals surface area contributed by atoms with Gasteiger partial charge in [-0.3, -0.25) is 19.3 Å². The number of piperidine rings is 1. The van der Waals surface area contributed by atoms with Crippen molar-refractivity contribution in [3.63, 3.8) is 0 Å². The zero-order valence-corrected chi connectivity index (χ0v) is 22.1. The Morgan fingerprint density at radius 1 is 0.921 bits per heavy atom. The van der Waals surface area contributed by atoms with Crippen LogP contribution in [0.1, 0.15) is 44.7 Å². The van der Waals surface area contributed by atoms with E-state index in [1.54, 1.807) is 24.3 Å². The Labute approximate surface area is 224 Å². The zero-order chi connectivity index (χ0) is 26.9. The number of benzene rings is 3. The van der Waals surface area contributed by atoms with Crippen LogP contribution < -0.4 is 10.1 Å². The maximum Gasteiger partial charge on any atom is 0.248 e. The van der Waals surface area contributed by atoms with Crippen molar-refractivity contribution in [3.05, 3.63) is 96.1 Å². The SMILES string of the molecule is CC12CCC(C(=O)N(C(Cc3ccccc3)C(=O)Nc3ccc(OCc4ccccc4)cc3)C1=O)C2(C)C. The second-order valence-electron chi connectivity index (χ2n) is 11.2. The van der Waals surface area contributed by atoms with E-state index in [1.165, 1.54) is 4.90 Å². The van der Waals surface area contributed by atoms with Crippen molar-refractivity contribution in [2.75, 3.05) is 5.32 Å². The molecular formula is C32H34N2O4. The van der Waals surface area contributed by atoms with Crippen molar-refractivity contribution in [2.45, 2.75) is 52.7 Å². The van der Waals surface area contributed by atoms with Gasteiger partial charge in [-0.05, 0) is 53.6 Å². The normalized spacial score (nSPS) is 22.7. The summed E-state index contributed by atoms with van der Waals surface area (Å²) in [7, 11) is 0. The molecule has 1 aliphatic heterocycles. The minimum Gasteiger partial charge on any atom is -0.489 e. The van der Waals surface area contributed by atoms with Gasteiger partial charge >= 0.3 is 0 Å². The highest BCUT2D eigenvalue weighted by molar-refractivity contribution is 6.09. The molecule has 1 saturated carbocycles. The third-order valence-electron chi connectivity index (χ3n) is 8.71. The number of amides is 3. The monoisotopic (exact) mass is 510 g/mol. The molecule has 196 valence electrons. The van der Waals surface area contributed by atoms with Gasteiger partial charge in [-0.25, -0.2) is 0 Å². The Balaban J connectivity index is 1.36. The fourth-order valence-corrected chi connectivity index (χ4v) is 5.88. The van der Waals surface area contributed by atoms with Gasteiger partial charge in [0.1, 0.15) is 18.4 Å². The molecule has 1 heterocycles. The number of anilines is 1. The number of fused-ring (bicyclic) bond motifs is 2. The summed E-state index contributed by atoms with van der Waals surface area (Å²) in [6.07, 6.45) is 1.57. The summed E-state index contributed by atoms with van der Waals surface area (Å²) in [4.78, 5) is 42.5.